The molecule has 3 rings (SSSR count). The highest BCUT2D eigenvalue weighted by atomic mass is 35.5. The predicted molar refractivity (Wildman–Crippen MR) is 64.4 cm³/mol. The third-order valence-corrected chi connectivity index (χ3v) is 3.89. The number of nitrogens with zero attached hydrogens (tertiary/aromatic N) is 1. The Bertz CT molecular complexity index is 520. The number of allylic oxidation sites excluding steroid dienone is 2. The average molecular weight is 266 g/mol. The molecule has 4 nitrogen and oxygen atoms in total. The van der Waals surface area contributed by atoms with E-state index in [0.29, 0.717) is 24.4 Å². The molecule has 0 bridgehead atoms. The van der Waals surface area contributed by atoms with Gasteiger partial charge in [-0.1, -0.05) is 17.7 Å². The number of hydrogen-bond acceptors (Lipinski definition) is 3. The molecule has 1 aromatic heterocycles. The highest BCUT2D eigenvalue weighted by Gasteiger charge is 2.48. The lowest BCUT2D eigenvalue weighted by atomic mass is 9.85. The molecule has 1 saturated heterocycles. The van der Waals surface area contributed by atoms with Crippen molar-refractivity contribution in [2.24, 2.45) is 11.8 Å². The summed E-state index contributed by atoms with van der Waals surface area (Å²) in [5, 5.41) is 0.683. The van der Waals surface area contributed by atoms with Crippen molar-refractivity contribution in [2.45, 2.75) is 19.4 Å². The topological polar surface area (TPSA) is 50.5 Å². The van der Waals surface area contributed by atoms with E-state index in [1.165, 1.54) is 11.2 Å². The smallest absolute Gasteiger partial charge is 0.233 e. The minimum absolute atomic E-state index is 0.0911. The van der Waals surface area contributed by atoms with Gasteiger partial charge in [0.15, 0.2) is 0 Å². The van der Waals surface area contributed by atoms with Crippen molar-refractivity contribution in [3.63, 3.8) is 0 Å². The Morgan fingerprint density at radius 2 is 2.11 bits per heavy atom. The van der Waals surface area contributed by atoms with Crippen molar-refractivity contribution in [1.29, 1.82) is 0 Å². The second kappa shape index (κ2) is 4.28. The zero-order chi connectivity index (χ0) is 12.7. The Hall–Kier alpha value is -1.55. The summed E-state index contributed by atoms with van der Waals surface area (Å²) >= 11 is 5.95. The number of furan rings is 1. The van der Waals surface area contributed by atoms with Gasteiger partial charge in [-0.05, 0) is 18.9 Å². The average Bonchev–Trinajstić information content (AvgIpc) is 2.93. The lowest BCUT2D eigenvalue weighted by Gasteiger charge is -2.17. The van der Waals surface area contributed by atoms with Crippen molar-refractivity contribution in [2.75, 3.05) is 0 Å². The van der Waals surface area contributed by atoms with Gasteiger partial charge in [-0.3, -0.25) is 14.5 Å². The van der Waals surface area contributed by atoms with E-state index >= 15 is 0 Å². The molecule has 1 aliphatic carbocycles. The van der Waals surface area contributed by atoms with Crippen LogP contribution in [0.4, 0.5) is 0 Å². The Balaban J connectivity index is 1.82. The largest absolute Gasteiger partial charge is 0.472 e. The Morgan fingerprint density at radius 1 is 1.33 bits per heavy atom. The lowest BCUT2D eigenvalue weighted by molar-refractivity contribution is -0.140. The van der Waals surface area contributed by atoms with Crippen molar-refractivity contribution >= 4 is 23.4 Å². The number of amides is 2. The third-order valence-electron chi connectivity index (χ3n) is 3.58. The van der Waals surface area contributed by atoms with Crippen LogP contribution in [0.1, 0.15) is 18.4 Å². The van der Waals surface area contributed by atoms with Crippen LogP contribution in [0.5, 0.6) is 0 Å². The highest BCUT2D eigenvalue weighted by molar-refractivity contribution is 6.30. The number of imide groups is 1. The van der Waals surface area contributed by atoms with E-state index in [4.69, 9.17) is 16.0 Å². The maximum Gasteiger partial charge on any atom is 0.233 e. The minimum Gasteiger partial charge on any atom is -0.472 e. The maximum absolute atomic E-state index is 12.2. The monoisotopic (exact) mass is 265 g/mol. The second-order valence-corrected chi connectivity index (χ2v) is 5.18. The van der Waals surface area contributed by atoms with Crippen LogP contribution in [0.3, 0.4) is 0 Å². The number of likely N-dealkylation sites (tertiary alicyclic amines) is 1. The fourth-order valence-electron chi connectivity index (χ4n) is 2.62. The van der Waals surface area contributed by atoms with Crippen molar-refractivity contribution in [1.82, 2.24) is 4.90 Å². The minimum atomic E-state index is -0.276. The van der Waals surface area contributed by atoms with Crippen LogP contribution in [-0.4, -0.2) is 16.7 Å². The Morgan fingerprint density at radius 3 is 2.83 bits per heavy atom. The van der Waals surface area contributed by atoms with Crippen molar-refractivity contribution in [3.05, 3.63) is 35.3 Å². The molecule has 0 spiro atoms. The normalized spacial score (nSPS) is 27.4. The molecule has 2 aliphatic rings. The summed E-state index contributed by atoms with van der Waals surface area (Å²) in [6.07, 6.45) is 5.98. The van der Waals surface area contributed by atoms with Gasteiger partial charge < -0.3 is 4.42 Å². The maximum atomic E-state index is 12.2. The summed E-state index contributed by atoms with van der Waals surface area (Å²) in [6, 6.07) is 1.76. The number of hydrogen-bond donors (Lipinski definition) is 0. The summed E-state index contributed by atoms with van der Waals surface area (Å²) < 4.78 is 4.95. The van der Waals surface area contributed by atoms with Gasteiger partial charge >= 0.3 is 0 Å². The van der Waals surface area contributed by atoms with Gasteiger partial charge in [0.1, 0.15) is 0 Å². The van der Waals surface area contributed by atoms with E-state index in [9.17, 15) is 9.59 Å². The van der Waals surface area contributed by atoms with Crippen molar-refractivity contribution < 1.29 is 14.0 Å². The molecule has 94 valence electrons. The summed E-state index contributed by atoms with van der Waals surface area (Å²) in [5.74, 6) is -0.710. The van der Waals surface area contributed by atoms with Gasteiger partial charge in [0, 0.05) is 10.6 Å². The molecule has 0 unspecified atom stereocenters. The standard InChI is InChI=1S/C13H12ClNO3/c14-9-1-2-10-11(5-9)13(17)15(12(10)16)6-8-3-4-18-7-8/h1,3-4,7,10-11H,2,5-6H2/t10-,11+/m1/s1. The first-order valence-electron chi connectivity index (χ1n) is 5.87. The van der Waals surface area contributed by atoms with E-state index in [-0.39, 0.29) is 23.7 Å². The molecule has 1 aromatic rings. The van der Waals surface area contributed by atoms with Crippen LogP contribution in [-0.2, 0) is 16.1 Å². The van der Waals surface area contributed by atoms with E-state index in [2.05, 4.69) is 0 Å². The second-order valence-electron chi connectivity index (χ2n) is 4.70. The number of carbonyl (C=O) groups excluding carboxylic acids is 2. The number of rotatable bonds is 2. The van der Waals surface area contributed by atoms with E-state index in [0.717, 1.165) is 5.56 Å². The van der Waals surface area contributed by atoms with Gasteiger partial charge in [0.2, 0.25) is 11.8 Å². The number of fused-ring (bicyclic) bond motifs is 1. The Labute approximate surface area is 109 Å². The van der Waals surface area contributed by atoms with Crippen LogP contribution in [0.15, 0.2) is 34.1 Å². The van der Waals surface area contributed by atoms with Gasteiger partial charge in [0.05, 0.1) is 30.9 Å². The zero-order valence-corrected chi connectivity index (χ0v) is 10.4. The molecule has 2 amide bonds. The van der Waals surface area contributed by atoms with Crippen molar-refractivity contribution in [3.8, 4) is 0 Å². The molecule has 0 radical (unpaired) electrons. The lowest BCUT2D eigenvalue weighted by Crippen LogP contribution is -2.30. The van der Waals surface area contributed by atoms with Gasteiger partial charge in [0.25, 0.3) is 0 Å². The first-order chi connectivity index (χ1) is 8.66. The van der Waals surface area contributed by atoms with Gasteiger partial charge in [-0.25, -0.2) is 0 Å². The predicted octanol–water partition coefficient (Wildman–Crippen LogP) is 2.30. The summed E-state index contributed by atoms with van der Waals surface area (Å²) in [5.41, 5.74) is 0.828. The van der Waals surface area contributed by atoms with E-state index in [1.54, 1.807) is 12.3 Å². The van der Waals surface area contributed by atoms with Crippen LogP contribution in [0, 0.1) is 11.8 Å². The molecule has 1 aliphatic heterocycles. The van der Waals surface area contributed by atoms with Crippen LogP contribution in [0.2, 0.25) is 0 Å². The number of carbonyl (C=O) groups is 2. The summed E-state index contributed by atoms with van der Waals surface area (Å²) in [6.45, 7) is 0.290. The van der Waals surface area contributed by atoms with Crippen LogP contribution in [0.25, 0.3) is 0 Å². The van der Waals surface area contributed by atoms with Gasteiger partial charge in [-0.15, -0.1) is 0 Å². The molecule has 0 saturated carbocycles. The summed E-state index contributed by atoms with van der Waals surface area (Å²) in [7, 11) is 0. The number of halogens is 1. The molecule has 5 heteroatoms. The molecule has 1 fully saturated rings. The first kappa shape index (κ1) is 11.5. The highest BCUT2D eigenvalue weighted by Crippen LogP contribution is 2.39. The molecular weight excluding hydrogens is 254 g/mol. The molecule has 0 aromatic carbocycles. The summed E-state index contributed by atoms with van der Waals surface area (Å²) in [4.78, 5) is 25.7. The van der Waals surface area contributed by atoms with Crippen LogP contribution < -0.4 is 0 Å². The van der Waals surface area contributed by atoms with Crippen LogP contribution >= 0.6 is 11.6 Å². The molecule has 0 N–H and O–H groups in total. The quantitative estimate of drug-likeness (QED) is 0.771. The molecular formula is C13H12ClNO3. The molecule has 18 heavy (non-hydrogen) atoms. The fraction of sp³-hybridized carbons (Fsp3) is 0.385. The molecule has 2 atom stereocenters. The Kier molecular flexibility index (Phi) is 2.74. The molecule has 2 heterocycles. The SMILES string of the molecule is O=C1[C@H]2CC(Cl)=CC[C@H]2C(=O)N1Cc1ccoc1. The zero-order valence-electron chi connectivity index (χ0n) is 9.64. The fourth-order valence-corrected chi connectivity index (χ4v) is 2.87. The van der Waals surface area contributed by atoms with E-state index < -0.39 is 0 Å². The van der Waals surface area contributed by atoms with E-state index in [1.807, 2.05) is 6.08 Å². The van der Waals surface area contributed by atoms with Gasteiger partial charge in [-0.2, -0.15) is 0 Å². The first-order valence-corrected chi connectivity index (χ1v) is 6.25. The third kappa shape index (κ3) is 1.77.